The van der Waals surface area contributed by atoms with Gasteiger partial charge >= 0.3 is 0 Å². The van der Waals surface area contributed by atoms with Crippen molar-refractivity contribution in [3.05, 3.63) is 75.4 Å². The molecule has 2 aromatic rings. The first kappa shape index (κ1) is 17.1. The van der Waals surface area contributed by atoms with Crippen LogP contribution in [-0.4, -0.2) is 21.7 Å². The van der Waals surface area contributed by atoms with Gasteiger partial charge in [0, 0.05) is 12.1 Å². The van der Waals surface area contributed by atoms with E-state index < -0.39 is 5.82 Å². The number of halogens is 2. The zero-order valence-electron chi connectivity index (χ0n) is 12.5. The Hall–Kier alpha value is -1.69. The molecule has 1 fully saturated rings. The third-order valence-corrected chi connectivity index (χ3v) is 5.32. The molecule has 2 nitrogen and oxygen atoms in total. The molecule has 6 heteroatoms. The Morgan fingerprint density at radius 2 is 1.92 bits per heavy atom. The predicted octanol–water partition coefficient (Wildman–Crippen LogP) is 4.92. The lowest BCUT2D eigenvalue weighted by Crippen LogP contribution is -2.30. The molecule has 2 aromatic carbocycles. The van der Waals surface area contributed by atoms with Crippen LogP contribution in [0, 0.1) is 5.82 Å². The van der Waals surface area contributed by atoms with Crippen LogP contribution in [-0.2, 0) is 11.2 Å². The fraction of sp³-hybridized carbons (Fsp3) is 0.111. The highest BCUT2D eigenvalue weighted by molar-refractivity contribution is 8.26. The number of hydrogen-bond acceptors (Lipinski definition) is 3. The minimum absolute atomic E-state index is 0.208. The van der Waals surface area contributed by atoms with E-state index in [4.69, 9.17) is 23.8 Å². The van der Waals surface area contributed by atoms with Gasteiger partial charge in [-0.05, 0) is 30.2 Å². The predicted molar refractivity (Wildman–Crippen MR) is 101 cm³/mol. The summed E-state index contributed by atoms with van der Waals surface area (Å²) in [5.41, 5.74) is 1.34. The maximum Gasteiger partial charge on any atom is 0.266 e. The highest BCUT2D eigenvalue weighted by Gasteiger charge is 2.32. The zero-order chi connectivity index (χ0) is 17.1. The number of carbonyl (C=O) groups is 1. The first-order chi connectivity index (χ1) is 11.6. The van der Waals surface area contributed by atoms with Crippen molar-refractivity contribution in [1.29, 1.82) is 0 Å². The Balaban J connectivity index is 1.78. The topological polar surface area (TPSA) is 20.3 Å². The third kappa shape index (κ3) is 3.69. The minimum Gasteiger partial charge on any atom is -0.293 e. The van der Waals surface area contributed by atoms with Crippen molar-refractivity contribution in [2.45, 2.75) is 6.42 Å². The molecule has 1 heterocycles. The first-order valence-electron chi connectivity index (χ1n) is 7.29. The first-order valence-corrected chi connectivity index (χ1v) is 8.90. The molecule has 0 saturated carbocycles. The van der Waals surface area contributed by atoms with E-state index in [0.29, 0.717) is 22.2 Å². The van der Waals surface area contributed by atoms with Crippen LogP contribution in [0.25, 0.3) is 6.08 Å². The molecule has 0 atom stereocenters. The van der Waals surface area contributed by atoms with Crippen molar-refractivity contribution in [2.24, 2.45) is 0 Å². The van der Waals surface area contributed by atoms with Gasteiger partial charge in [0.05, 0.1) is 9.93 Å². The van der Waals surface area contributed by atoms with Crippen LogP contribution in [0.4, 0.5) is 4.39 Å². The number of benzene rings is 2. The molecule has 1 aliphatic heterocycles. The van der Waals surface area contributed by atoms with Crippen LogP contribution in [0.5, 0.6) is 0 Å². The summed E-state index contributed by atoms with van der Waals surface area (Å²) < 4.78 is 14.4. The molecule has 0 aromatic heterocycles. The second kappa shape index (κ2) is 7.47. The van der Waals surface area contributed by atoms with E-state index in [1.165, 1.54) is 30.0 Å². The molecule has 0 aliphatic carbocycles. The molecule has 122 valence electrons. The number of thioether (sulfide) groups is 1. The number of rotatable bonds is 4. The number of nitrogens with zero attached hydrogens (tertiary/aromatic N) is 1. The van der Waals surface area contributed by atoms with Crippen molar-refractivity contribution >= 4 is 51.9 Å². The molecule has 1 saturated heterocycles. The molecule has 1 aliphatic rings. The highest BCUT2D eigenvalue weighted by Crippen LogP contribution is 2.34. The van der Waals surface area contributed by atoms with Gasteiger partial charge in [-0.3, -0.25) is 9.69 Å². The fourth-order valence-electron chi connectivity index (χ4n) is 2.36. The van der Waals surface area contributed by atoms with Crippen molar-refractivity contribution in [3.63, 3.8) is 0 Å². The lowest BCUT2D eigenvalue weighted by atomic mass is 10.1. The monoisotopic (exact) mass is 377 g/mol. The molecule has 3 rings (SSSR count). The van der Waals surface area contributed by atoms with Gasteiger partial charge in [-0.25, -0.2) is 4.39 Å². The molecule has 0 unspecified atom stereocenters. The van der Waals surface area contributed by atoms with Crippen LogP contribution in [0.3, 0.4) is 0 Å². The van der Waals surface area contributed by atoms with Crippen LogP contribution in [0.15, 0.2) is 53.4 Å². The summed E-state index contributed by atoms with van der Waals surface area (Å²) in [6, 6.07) is 14.3. The average Bonchev–Trinajstić information content (AvgIpc) is 2.84. The summed E-state index contributed by atoms with van der Waals surface area (Å²) in [6.07, 6.45) is 2.18. The maximum absolute atomic E-state index is 13.9. The van der Waals surface area contributed by atoms with E-state index in [1.54, 1.807) is 11.0 Å². The van der Waals surface area contributed by atoms with Crippen molar-refractivity contribution in [1.82, 2.24) is 4.90 Å². The van der Waals surface area contributed by atoms with E-state index in [1.807, 2.05) is 30.3 Å². The standard InChI is InChI=1S/C18H13ClFNOS2/c19-14-7-4-8-15(20)13(14)11-16-17(22)21(18(23)24-16)10-9-12-5-2-1-3-6-12/h1-8,11H,9-10H2. The Kier molecular flexibility index (Phi) is 5.33. The van der Waals surface area contributed by atoms with E-state index >= 15 is 0 Å². The average molecular weight is 378 g/mol. The quantitative estimate of drug-likeness (QED) is 0.557. The largest absolute Gasteiger partial charge is 0.293 e. The number of thiocarbonyl (C=S) groups is 1. The number of carbonyl (C=O) groups excluding carboxylic acids is 1. The fourth-order valence-corrected chi connectivity index (χ4v) is 3.87. The van der Waals surface area contributed by atoms with Gasteiger partial charge < -0.3 is 0 Å². The Morgan fingerprint density at radius 1 is 1.17 bits per heavy atom. The van der Waals surface area contributed by atoms with Gasteiger partial charge in [0.2, 0.25) is 0 Å². The summed E-state index contributed by atoms with van der Waals surface area (Å²) in [6.45, 7) is 0.497. The zero-order valence-corrected chi connectivity index (χ0v) is 14.9. The highest BCUT2D eigenvalue weighted by atomic mass is 35.5. The molecular formula is C18H13ClFNOS2. The lowest BCUT2D eigenvalue weighted by molar-refractivity contribution is -0.122. The van der Waals surface area contributed by atoms with Gasteiger partial charge in [-0.1, -0.05) is 72.0 Å². The van der Waals surface area contributed by atoms with Gasteiger partial charge in [-0.2, -0.15) is 0 Å². The van der Waals surface area contributed by atoms with Crippen molar-refractivity contribution < 1.29 is 9.18 Å². The molecule has 0 radical (unpaired) electrons. The summed E-state index contributed by atoms with van der Waals surface area (Å²) >= 11 is 12.5. The Morgan fingerprint density at radius 3 is 2.62 bits per heavy atom. The maximum atomic E-state index is 13.9. The third-order valence-electron chi connectivity index (χ3n) is 3.62. The lowest BCUT2D eigenvalue weighted by Gasteiger charge is -2.14. The van der Waals surface area contributed by atoms with Crippen molar-refractivity contribution in [2.75, 3.05) is 6.54 Å². The summed E-state index contributed by atoms with van der Waals surface area (Å²) in [7, 11) is 0. The van der Waals surface area contributed by atoms with E-state index in [2.05, 4.69) is 0 Å². The summed E-state index contributed by atoms with van der Waals surface area (Å²) in [5.74, 6) is -0.669. The van der Waals surface area contributed by atoms with Gasteiger partial charge in [0.1, 0.15) is 10.1 Å². The SMILES string of the molecule is O=C1C(=Cc2c(F)cccc2Cl)SC(=S)N1CCc1ccccc1. The second-order valence-electron chi connectivity index (χ2n) is 5.20. The molecule has 0 bridgehead atoms. The molecule has 0 spiro atoms. The van der Waals surface area contributed by atoms with Crippen LogP contribution < -0.4 is 0 Å². The number of amides is 1. The summed E-state index contributed by atoms with van der Waals surface area (Å²) in [4.78, 5) is 14.5. The van der Waals surface area contributed by atoms with E-state index in [9.17, 15) is 9.18 Å². The second-order valence-corrected chi connectivity index (χ2v) is 7.29. The molecule has 1 amide bonds. The van der Waals surface area contributed by atoms with E-state index in [0.717, 1.165) is 5.56 Å². The molecule has 0 N–H and O–H groups in total. The normalized spacial score (nSPS) is 16.2. The summed E-state index contributed by atoms with van der Waals surface area (Å²) in [5, 5.41) is 0.268. The molecule has 24 heavy (non-hydrogen) atoms. The van der Waals surface area contributed by atoms with Gasteiger partial charge in [0.15, 0.2) is 0 Å². The van der Waals surface area contributed by atoms with Crippen LogP contribution in [0.2, 0.25) is 5.02 Å². The Labute approximate surface area is 154 Å². The van der Waals surface area contributed by atoms with Gasteiger partial charge in [-0.15, -0.1) is 0 Å². The van der Waals surface area contributed by atoms with Crippen molar-refractivity contribution in [3.8, 4) is 0 Å². The van der Waals surface area contributed by atoms with E-state index in [-0.39, 0.29) is 16.5 Å². The smallest absolute Gasteiger partial charge is 0.266 e. The number of hydrogen-bond donors (Lipinski definition) is 0. The van der Waals surface area contributed by atoms with Crippen LogP contribution in [0.1, 0.15) is 11.1 Å². The van der Waals surface area contributed by atoms with Crippen LogP contribution >= 0.6 is 35.6 Å². The Bertz CT molecular complexity index is 803. The molecular weight excluding hydrogens is 365 g/mol. The van der Waals surface area contributed by atoms with Gasteiger partial charge in [0.25, 0.3) is 5.91 Å². The minimum atomic E-state index is -0.461.